The summed E-state index contributed by atoms with van der Waals surface area (Å²) in [5, 5.41) is 21.3. The van der Waals surface area contributed by atoms with Crippen LogP contribution in [-0.2, 0) is 6.42 Å². The van der Waals surface area contributed by atoms with E-state index in [1.807, 2.05) is 18.2 Å². The molecule has 0 bridgehead atoms. The summed E-state index contributed by atoms with van der Waals surface area (Å²) in [5.74, 6) is 8.29. The number of aliphatic hydroxyl groups is 1. The number of rotatable bonds is 1. The molecule has 2 saturated carbocycles. The Morgan fingerprint density at radius 2 is 2.07 bits per heavy atom. The van der Waals surface area contributed by atoms with Crippen LogP contribution >= 0.6 is 0 Å². The van der Waals surface area contributed by atoms with E-state index < -0.39 is 5.60 Å². The van der Waals surface area contributed by atoms with E-state index in [0.29, 0.717) is 23.5 Å². The van der Waals surface area contributed by atoms with Crippen molar-refractivity contribution in [2.24, 2.45) is 17.3 Å². The molecule has 0 radical (unpaired) electrons. The zero-order valence-corrected chi connectivity index (χ0v) is 16.0. The number of phenols is 1. The zero-order valence-electron chi connectivity index (χ0n) is 16.0. The largest absolute Gasteiger partial charge is 0.508 e. The van der Waals surface area contributed by atoms with Gasteiger partial charge in [0, 0.05) is 5.41 Å². The predicted molar refractivity (Wildman–Crippen MR) is 108 cm³/mol. The van der Waals surface area contributed by atoms with E-state index in [-0.39, 0.29) is 5.41 Å². The fraction of sp³-hybridized carbons (Fsp3) is 0.480. The van der Waals surface area contributed by atoms with Gasteiger partial charge in [0.15, 0.2) is 0 Å². The Kier molecular flexibility index (Phi) is 4.55. The normalized spacial score (nSPS) is 36.7. The standard InChI is InChI=1S/C25H28O2/c1-3-4-5-6-7-14-25(27)16-13-23-22-10-8-18-17-19(26)9-11-20(18)21(22)12-15-24(23,25)2/h4-6,9,11,17,21-23,26-27H,1,8,10,12-13,15-16H2,2H3/b6-5-/t21-,22-,23+,24+,25+/m1/s1. The number of aryl methyl sites for hydroxylation is 1. The van der Waals surface area contributed by atoms with Gasteiger partial charge in [-0.3, -0.25) is 0 Å². The van der Waals surface area contributed by atoms with E-state index in [1.54, 1.807) is 12.2 Å². The molecule has 0 unspecified atom stereocenters. The lowest BCUT2D eigenvalue weighted by atomic mass is 9.53. The van der Waals surface area contributed by atoms with Gasteiger partial charge in [-0.15, -0.1) is 5.73 Å². The minimum absolute atomic E-state index is 0.141. The molecule has 1 aromatic carbocycles. The molecule has 0 amide bonds. The number of hydrogen-bond donors (Lipinski definition) is 2. The molecule has 140 valence electrons. The molecule has 2 nitrogen and oxygen atoms in total. The minimum atomic E-state index is -0.903. The smallest absolute Gasteiger partial charge is 0.131 e. The average molecular weight is 360 g/mol. The van der Waals surface area contributed by atoms with Gasteiger partial charge in [0.1, 0.15) is 11.4 Å². The first-order chi connectivity index (χ1) is 13.0. The quantitative estimate of drug-likeness (QED) is 0.426. The SMILES string of the molecule is C=C=C/C=C\C#C[C@]1(O)CC[C@H]2[C@@H]3CCc4cc(O)ccc4[C@H]3CC[C@@]21C. The maximum atomic E-state index is 11.4. The van der Waals surface area contributed by atoms with Crippen molar-refractivity contribution in [2.75, 3.05) is 0 Å². The van der Waals surface area contributed by atoms with Crippen LogP contribution < -0.4 is 0 Å². The Balaban J connectivity index is 1.62. The lowest BCUT2D eigenvalue weighted by molar-refractivity contribution is -0.0647. The average Bonchev–Trinajstić information content (AvgIpc) is 2.92. The molecule has 2 heteroatoms. The summed E-state index contributed by atoms with van der Waals surface area (Å²) in [5.41, 5.74) is 4.39. The Morgan fingerprint density at radius 1 is 1.22 bits per heavy atom. The van der Waals surface area contributed by atoms with Crippen LogP contribution in [0.1, 0.15) is 56.1 Å². The monoisotopic (exact) mass is 360 g/mol. The maximum Gasteiger partial charge on any atom is 0.131 e. The van der Waals surface area contributed by atoms with Gasteiger partial charge in [0.05, 0.1) is 0 Å². The van der Waals surface area contributed by atoms with Gasteiger partial charge in [0.2, 0.25) is 0 Å². The van der Waals surface area contributed by atoms with Crippen LogP contribution in [-0.4, -0.2) is 15.8 Å². The first-order valence-electron chi connectivity index (χ1n) is 10.1. The highest BCUT2D eigenvalue weighted by atomic mass is 16.3. The Labute approximate surface area is 162 Å². The summed E-state index contributed by atoms with van der Waals surface area (Å²) < 4.78 is 0. The molecule has 0 spiro atoms. The van der Waals surface area contributed by atoms with E-state index in [9.17, 15) is 10.2 Å². The van der Waals surface area contributed by atoms with Crippen LogP contribution in [0.3, 0.4) is 0 Å². The van der Waals surface area contributed by atoms with Crippen molar-refractivity contribution >= 4 is 0 Å². The molecule has 5 atom stereocenters. The second-order valence-corrected chi connectivity index (χ2v) is 8.65. The molecule has 3 aliphatic rings. The van der Waals surface area contributed by atoms with Gasteiger partial charge in [-0.05, 0) is 97.8 Å². The molecule has 2 fully saturated rings. The van der Waals surface area contributed by atoms with Crippen LogP contribution in [0.5, 0.6) is 5.75 Å². The fourth-order valence-electron chi connectivity index (χ4n) is 6.12. The first-order valence-corrected chi connectivity index (χ1v) is 10.1. The van der Waals surface area contributed by atoms with E-state index in [2.05, 4.69) is 37.1 Å². The zero-order chi connectivity index (χ0) is 19.1. The van der Waals surface area contributed by atoms with Crippen LogP contribution in [0.25, 0.3) is 0 Å². The highest BCUT2D eigenvalue weighted by Gasteiger charge is 2.61. The van der Waals surface area contributed by atoms with Crippen molar-refractivity contribution in [2.45, 2.75) is 57.0 Å². The summed E-state index contributed by atoms with van der Waals surface area (Å²) in [6.07, 6.45) is 11.4. The maximum absolute atomic E-state index is 11.4. The van der Waals surface area contributed by atoms with Crippen molar-refractivity contribution in [3.05, 3.63) is 59.9 Å². The van der Waals surface area contributed by atoms with Crippen molar-refractivity contribution in [3.8, 4) is 17.6 Å². The van der Waals surface area contributed by atoms with Crippen LogP contribution in [0.15, 0.2) is 48.7 Å². The van der Waals surface area contributed by atoms with Crippen molar-refractivity contribution in [1.82, 2.24) is 0 Å². The van der Waals surface area contributed by atoms with Crippen LogP contribution in [0.2, 0.25) is 0 Å². The number of fused-ring (bicyclic) bond motifs is 5. The van der Waals surface area contributed by atoms with E-state index >= 15 is 0 Å². The van der Waals surface area contributed by atoms with Gasteiger partial charge in [0.25, 0.3) is 0 Å². The van der Waals surface area contributed by atoms with Gasteiger partial charge in [-0.25, -0.2) is 0 Å². The summed E-state index contributed by atoms with van der Waals surface area (Å²) >= 11 is 0. The molecular formula is C25H28O2. The molecule has 3 aliphatic carbocycles. The molecule has 4 rings (SSSR count). The van der Waals surface area contributed by atoms with Crippen LogP contribution in [0, 0.1) is 29.1 Å². The third-order valence-electron chi connectivity index (χ3n) is 7.53. The second kappa shape index (κ2) is 6.75. The van der Waals surface area contributed by atoms with Crippen molar-refractivity contribution < 1.29 is 10.2 Å². The van der Waals surface area contributed by atoms with Gasteiger partial charge >= 0.3 is 0 Å². The lowest BCUT2D eigenvalue weighted by Gasteiger charge is -2.52. The van der Waals surface area contributed by atoms with E-state index in [0.717, 1.165) is 38.5 Å². The van der Waals surface area contributed by atoms with Crippen LogP contribution in [0.4, 0.5) is 0 Å². The number of benzene rings is 1. The summed E-state index contributed by atoms with van der Waals surface area (Å²) in [6, 6.07) is 5.90. The topological polar surface area (TPSA) is 40.5 Å². The first kappa shape index (κ1) is 18.2. The predicted octanol–water partition coefficient (Wildman–Crippen LogP) is 4.88. The Hall–Kier alpha value is -2.20. The fourth-order valence-corrected chi connectivity index (χ4v) is 6.12. The summed E-state index contributed by atoms with van der Waals surface area (Å²) in [6.45, 7) is 5.79. The molecule has 27 heavy (non-hydrogen) atoms. The summed E-state index contributed by atoms with van der Waals surface area (Å²) in [7, 11) is 0. The Morgan fingerprint density at radius 3 is 2.89 bits per heavy atom. The molecule has 0 aromatic heterocycles. The number of phenolic OH excluding ortho intramolecular Hbond substituents is 1. The van der Waals surface area contributed by atoms with E-state index in [1.165, 1.54) is 11.1 Å². The Bertz CT molecular complexity index is 879. The van der Waals surface area contributed by atoms with Gasteiger partial charge < -0.3 is 10.2 Å². The second-order valence-electron chi connectivity index (χ2n) is 8.65. The number of allylic oxidation sites excluding steroid dienone is 3. The highest BCUT2D eigenvalue weighted by Crippen LogP contribution is 2.64. The van der Waals surface area contributed by atoms with E-state index in [4.69, 9.17) is 0 Å². The lowest BCUT2D eigenvalue weighted by Crippen LogP contribution is -2.50. The highest BCUT2D eigenvalue weighted by molar-refractivity contribution is 5.41. The molecule has 0 saturated heterocycles. The molecule has 0 heterocycles. The molecule has 2 N–H and O–H groups in total. The number of hydrogen-bond acceptors (Lipinski definition) is 2. The van der Waals surface area contributed by atoms with Crippen molar-refractivity contribution in [1.29, 1.82) is 0 Å². The van der Waals surface area contributed by atoms with Crippen molar-refractivity contribution in [3.63, 3.8) is 0 Å². The van der Waals surface area contributed by atoms with Gasteiger partial charge in [-0.2, -0.15) is 0 Å². The molecular weight excluding hydrogens is 332 g/mol. The third kappa shape index (κ3) is 2.87. The molecule has 0 aliphatic heterocycles. The number of aromatic hydroxyl groups is 1. The third-order valence-corrected chi connectivity index (χ3v) is 7.53. The molecule has 1 aromatic rings. The minimum Gasteiger partial charge on any atom is -0.508 e. The summed E-state index contributed by atoms with van der Waals surface area (Å²) in [4.78, 5) is 0. The van der Waals surface area contributed by atoms with Gasteiger partial charge in [-0.1, -0.05) is 31.4 Å².